The van der Waals surface area contributed by atoms with E-state index in [1.54, 1.807) is 17.8 Å². The van der Waals surface area contributed by atoms with Gasteiger partial charge in [-0.1, -0.05) is 30.0 Å². The molecule has 1 N–H and O–H groups in total. The van der Waals surface area contributed by atoms with Crippen molar-refractivity contribution in [1.29, 1.82) is 0 Å². The molecule has 0 amide bonds. The van der Waals surface area contributed by atoms with Crippen molar-refractivity contribution in [3.8, 4) is 0 Å². The molecule has 4 nitrogen and oxygen atoms in total. The second kappa shape index (κ2) is 5.22. The van der Waals surface area contributed by atoms with Crippen molar-refractivity contribution in [2.24, 2.45) is 7.05 Å². The lowest BCUT2D eigenvalue weighted by molar-refractivity contribution is 0.854. The molecule has 0 saturated carbocycles. The number of aromatic amines is 1. The van der Waals surface area contributed by atoms with E-state index in [-0.39, 0.29) is 5.56 Å². The van der Waals surface area contributed by atoms with Crippen molar-refractivity contribution < 1.29 is 0 Å². The molecule has 3 aromatic rings. The molecule has 0 aliphatic rings. The van der Waals surface area contributed by atoms with Crippen LogP contribution in [-0.4, -0.2) is 14.5 Å². The van der Waals surface area contributed by atoms with E-state index in [4.69, 9.17) is 12.2 Å². The lowest BCUT2D eigenvalue weighted by Gasteiger charge is -2.08. The number of hydrogen-bond acceptors (Lipinski definition) is 4. The second-order valence-corrected chi connectivity index (χ2v) is 5.78. The predicted molar refractivity (Wildman–Crippen MR) is 82.7 cm³/mol. The zero-order valence-electron chi connectivity index (χ0n) is 10.7. The highest BCUT2D eigenvalue weighted by Crippen LogP contribution is 2.26. The van der Waals surface area contributed by atoms with Gasteiger partial charge in [-0.2, -0.15) is 0 Å². The standard InChI is InChI=1S/C14H11N3OS2/c1-17-12-9(8-15-14(19)16-12)7-11(13(17)18)20-10-5-3-2-4-6-10/h2-8H,1H3,(H,15,16,19). The number of nitrogens with one attached hydrogen (secondary N) is 1. The summed E-state index contributed by atoms with van der Waals surface area (Å²) >= 11 is 6.44. The first-order valence-electron chi connectivity index (χ1n) is 5.97. The van der Waals surface area contributed by atoms with Crippen molar-refractivity contribution in [1.82, 2.24) is 14.5 Å². The Hall–Kier alpha value is -1.92. The largest absolute Gasteiger partial charge is 0.316 e. The Bertz CT molecular complexity index is 884. The predicted octanol–water partition coefficient (Wildman–Crippen LogP) is 3.14. The first kappa shape index (κ1) is 13.1. The summed E-state index contributed by atoms with van der Waals surface area (Å²) in [4.78, 5) is 21.1. The molecule has 0 radical (unpaired) electrons. The number of pyridine rings is 1. The van der Waals surface area contributed by atoms with Crippen LogP contribution in [-0.2, 0) is 7.05 Å². The smallest absolute Gasteiger partial charge is 0.265 e. The monoisotopic (exact) mass is 301 g/mol. The third-order valence-electron chi connectivity index (χ3n) is 2.93. The summed E-state index contributed by atoms with van der Waals surface area (Å²) in [5.74, 6) is 0. The number of rotatable bonds is 2. The van der Waals surface area contributed by atoms with Crippen LogP contribution in [0.4, 0.5) is 0 Å². The average molecular weight is 301 g/mol. The van der Waals surface area contributed by atoms with Gasteiger partial charge >= 0.3 is 0 Å². The van der Waals surface area contributed by atoms with Crippen LogP contribution < -0.4 is 5.56 Å². The number of nitrogens with zero attached hydrogens (tertiary/aromatic N) is 2. The fourth-order valence-electron chi connectivity index (χ4n) is 1.94. The molecule has 0 bridgehead atoms. The third kappa shape index (κ3) is 2.39. The Morgan fingerprint density at radius 1 is 1.30 bits per heavy atom. The minimum atomic E-state index is -0.0526. The van der Waals surface area contributed by atoms with Gasteiger partial charge < -0.3 is 4.98 Å². The van der Waals surface area contributed by atoms with Crippen molar-refractivity contribution in [2.45, 2.75) is 9.79 Å². The fraction of sp³-hybridized carbons (Fsp3) is 0.0714. The molecule has 2 heterocycles. The molecule has 0 saturated heterocycles. The van der Waals surface area contributed by atoms with Gasteiger partial charge in [0.1, 0.15) is 5.65 Å². The van der Waals surface area contributed by atoms with E-state index in [0.29, 0.717) is 15.3 Å². The molecule has 0 spiro atoms. The van der Waals surface area contributed by atoms with Crippen LogP contribution >= 0.6 is 24.0 Å². The molecular weight excluding hydrogens is 290 g/mol. The fourth-order valence-corrected chi connectivity index (χ4v) is 3.04. The van der Waals surface area contributed by atoms with Crippen molar-refractivity contribution >= 4 is 35.0 Å². The molecule has 0 fully saturated rings. The van der Waals surface area contributed by atoms with E-state index in [2.05, 4.69) is 9.97 Å². The van der Waals surface area contributed by atoms with Gasteiger partial charge in [0.15, 0.2) is 4.77 Å². The summed E-state index contributed by atoms with van der Waals surface area (Å²) in [6, 6.07) is 11.6. The quantitative estimate of drug-likeness (QED) is 0.739. The van der Waals surface area contributed by atoms with Crippen molar-refractivity contribution in [3.63, 3.8) is 0 Å². The maximum atomic E-state index is 12.4. The lowest BCUT2D eigenvalue weighted by Crippen LogP contribution is -2.19. The highest BCUT2D eigenvalue weighted by atomic mass is 32.2. The van der Waals surface area contributed by atoms with Crippen molar-refractivity contribution in [3.05, 3.63) is 57.7 Å². The minimum Gasteiger partial charge on any atom is -0.316 e. The van der Waals surface area contributed by atoms with Crippen LogP contribution in [0, 0.1) is 4.77 Å². The third-order valence-corrected chi connectivity index (χ3v) is 4.16. The zero-order chi connectivity index (χ0) is 14.1. The van der Waals surface area contributed by atoms with E-state index in [1.165, 1.54) is 11.8 Å². The summed E-state index contributed by atoms with van der Waals surface area (Å²) in [7, 11) is 1.73. The summed E-state index contributed by atoms with van der Waals surface area (Å²) in [5.41, 5.74) is 0.635. The van der Waals surface area contributed by atoms with Gasteiger partial charge in [-0.3, -0.25) is 9.36 Å². The van der Waals surface area contributed by atoms with Gasteiger partial charge in [-0.25, -0.2) is 4.98 Å². The number of H-pyrrole nitrogens is 1. The normalized spacial score (nSPS) is 10.8. The molecule has 20 heavy (non-hydrogen) atoms. The summed E-state index contributed by atoms with van der Waals surface area (Å²) in [6.45, 7) is 0. The van der Waals surface area contributed by atoms with Crippen LogP contribution in [0.15, 0.2) is 57.2 Å². The van der Waals surface area contributed by atoms with Gasteiger partial charge in [-0.15, -0.1) is 0 Å². The van der Waals surface area contributed by atoms with E-state index < -0.39 is 0 Å². The van der Waals surface area contributed by atoms with Crippen LogP contribution in [0.2, 0.25) is 0 Å². The zero-order valence-corrected chi connectivity index (χ0v) is 12.3. The van der Waals surface area contributed by atoms with Gasteiger partial charge in [0.2, 0.25) is 0 Å². The van der Waals surface area contributed by atoms with Crippen LogP contribution in [0.1, 0.15) is 0 Å². The van der Waals surface area contributed by atoms with Gasteiger partial charge in [0.05, 0.1) is 4.90 Å². The molecule has 0 aliphatic carbocycles. The number of hydrogen-bond donors (Lipinski definition) is 1. The van der Waals surface area contributed by atoms with Crippen LogP contribution in [0.3, 0.4) is 0 Å². The molecular formula is C14H11N3OS2. The summed E-state index contributed by atoms with van der Waals surface area (Å²) in [5, 5.41) is 0.860. The Labute approximate surface area is 124 Å². The van der Waals surface area contributed by atoms with Crippen molar-refractivity contribution in [2.75, 3.05) is 0 Å². The van der Waals surface area contributed by atoms with E-state index in [9.17, 15) is 4.79 Å². The molecule has 3 rings (SSSR count). The average Bonchev–Trinajstić information content (AvgIpc) is 2.46. The SMILES string of the molecule is Cn1c(=O)c(Sc2ccccc2)cc2cnc(=S)[nH]c21. The number of benzene rings is 1. The lowest BCUT2D eigenvalue weighted by atomic mass is 10.3. The van der Waals surface area contributed by atoms with Gasteiger partial charge in [0.25, 0.3) is 5.56 Å². The van der Waals surface area contributed by atoms with Crippen LogP contribution in [0.5, 0.6) is 0 Å². The van der Waals surface area contributed by atoms with Gasteiger partial charge in [0, 0.05) is 23.5 Å². The molecule has 0 aliphatic heterocycles. The molecule has 6 heteroatoms. The highest BCUT2D eigenvalue weighted by molar-refractivity contribution is 7.99. The first-order chi connectivity index (χ1) is 9.65. The minimum absolute atomic E-state index is 0.0526. The molecule has 0 atom stereocenters. The maximum absolute atomic E-state index is 12.4. The highest BCUT2D eigenvalue weighted by Gasteiger charge is 2.08. The molecule has 0 unspecified atom stereocenters. The summed E-state index contributed by atoms with van der Waals surface area (Å²) in [6.07, 6.45) is 1.68. The maximum Gasteiger partial charge on any atom is 0.265 e. The molecule has 1 aromatic carbocycles. The topological polar surface area (TPSA) is 50.7 Å². The number of aryl methyl sites for hydroxylation is 1. The van der Waals surface area contributed by atoms with Crippen LogP contribution in [0.25, 0.3) is 11.0 Å². The van der Waals surface area contributed by atoms with E-state index in [1.807, 2.05) is 36.4 Å². The van der Waals surface area contributed by atoms with E-state index in [0.717, 1.165) is 10.3 Å². The number of fused-ring (bicyclic) bond motifs is 1. The Kier molecular flexibility index (Phi) is 3.42. The Morgan fingerprint density at radius 2 is 2.05 bits per heavy atom. The number of aromatic nitrogens is 3. The second-order valence-electron chi connectivity index (χ2n) is 4.28. The Morgan fingerprint density at radius 3 is 2.80 bits per heavy atom. The summed E-state index contributed by atoms with van der Waals surface area (Å²) < 4.78 is 1.94. The van der Waals surface area contributed by atoms with E-state index >= 15 is 0 Å². The first-order valence-corrected chi connectivity index (χ1v) is 7.19. The van der Waals surface area contributed by atoms with Gasteiger partial charge in [-0.05, 0) is 30.4 Å². The Balaban J connectivity index is 2.18. The molecule has 2 aromatic heterocycles. The molecule has 100 valence electrons.